The molecule has 94 valence electrons. The molecule has 0 N–H and O–H groups in total. The Morgan fingerprint density at radius 1 is 1.06 bits per heavy atom. The van der Waals surface area contributed by atoms with Crippen molar-refractivity contribution in [3.63, 3.8) is 0 Å². The van der Waals surface area contributed by atoms with Crippen LogP contribution in [0.25, 0.3) is 4.72 Å². The fourth-order valence-electron chi connectivity index (χ4n) is 1.42. The molecule has 0 saturated heterocycles. The van der Waals surface area contributed by atoms with E-state index in [0.29, 0.717) is 10.7 Å². The summed E-state index contributed by atoms with van der Waals surface area (Å²) in [4.78, 5) is 0.0931. The summed E-state index contributed by atoms with van der Waals surface area (Å²) in [5.41, 5.74) is 1.45. The molecule has 0 atom stereocenters. The van der Waals surface area contributed by atoms with E-state index in [-0.39, 0.29) is 4.90 Å². The van der Waals surface area contributed by atoms with Gasteiger partial charge in [0, 0.05) is 5.02 Å². The van der Waals surface area contributed by atoms with Crippen LogP contribution in [0.2, 0.25) is 5.02 Å². The van der Waals surface area contributed by atoms with Gasteiger partial charge in [0.05, 0.1) is 4.90 Å². The molecule has 5 heteroatoms. The van der Waals surface area contributed by atoms with E-state index in [4.69, 9.17) is 11.6 Å². The quantitative estimate of drug-likeness (QED) is 0.852. The Hall–Kier alpha value is -1.52. The molecule has 0 unspecified atom stereocenters. The molecule has 18 heavy (non-hydrogen) atoms. The Bertz CT molecular complexity index is 651. The van der Waals surface area contributed by atoms with E-state index in [9.17, 15) is 8.42 Å². The maximum Gasteiger partial charge on any atom is 0.123 e. The van der Waals surface area contributed by atoms with Gasteiger partial charge in [0.15, 0.2) is 0 Å². The summed E-state index contributed by atoms with van der Waals surface area (Å²) in [6.45, 7) is 1.93. The van der Waals surface area contributed by atoms with Gasteiger partial charge in [0.2, 0.25) is 0 Å². The highest BCUT2D eigenvalue weighted by molar-refractivity contribution is 7.94. The lowest BCUT2D eigenvalue weighted by Gasteiger charge is -2.22. The summed E-state index contributed by atoms with van der Waals surface area (Å²) >= 11 is 5.77. The largest absolute Gasteiger partial charge is 0.573 e. The normalized spacial score (nSPS) is 11.2. The van der Waals surface area contributed by atoms with Gasteiger partial charge >= 0.3 is 0 Å². The molecule has 0 bridgehead atoms. The van der Waals surface area contributed by atoms with Crippen molar-refractivity contribution in [2.24, 2.45) is 0 Å². The van der Waals surface area contributed by atoms with E-state index in [1.54, 1.807) is 24.3 Å². The average molecular weight is 281 g/mol. The summed E-state index contributed by atoms with van der Waals surface area (Å²) in [5.74, 6) is 0. The van der Waals surface area contributed by atoms with E-state index in [1.807, 2.05) is 19.1 Å². The Morgan fingerprint density at radius 2 is 1.72 bits per heavy atom. The van der Waals surface area contributed by atoms with Gasteiger partial charge in [-0.25, -0.2) is 8.42 Å². The minimum absolute atomic E-state index is 0.0931. The number of rotatable bonds is 3. The maximum absolute atomic E-state index is 12.0. The second-order valence-electron chi connectivity index (χ2n) is 3.86. The van der Waals surface area contributed by atoms with Crippen molar-refractivity contribution in [1.29, 1.82) is 0 Å². The van der Waals surface area contributed by atoms with Gasteiger partial charge in [0.25, 0.3) is 0 Å². The Labute approximate surface area is 111 Å². The van der Waals surface area contributed by atoms with Crippen molar-refractivity contribution in [2.45, 2.75) is 11.8 Å². The molecule has 2 aromatic rings. The highest BCUT2D eigenvalue weighted by Crippen LogP contribution is 2.28. The minimum atomic E-state index is -3.71. The second kappa shape index (κ2) is 5.00. The molecule has 0 saturated carbocycles. The minimum Gasteiger partial charge on any atom is -0.573 e. The number of aryl methyl sites for hydroxylation is 1. The summed E-state index contributed by atoms with van der Waals surface area (Å²) < 4.78 is 27.8. The number of nitrogens with zero attached hydrogens (tertiary/aromatic N) is 1. The number of halogens is 1. The molecule has 0 aliphatic carbocycles. The summed E-state index contributed by atoms with van der Waals surface area (Å²) in [5, 5.41) is 0.371. The second-order valence-corrected chi connectivity index (χ2v) is 5.90. The van der Waals surface area contributed by atoms with Crippen molar-refractivity contribution < 1.29 is 8.42 Å². The lowest BCUT2D eigenvalue weighted by molar-refractivity contribution is 0.603. The molecule has 0 aliphatic rings. The van der Waals surface area contributed by atoms with E-state index in [0.717, 1.165) is 5.56 Å². The third-order valence-electron chi connectivity index (χ3n) is 2.35. The van der Waals surface area contributed by atoms with Gasteiger partial charge < -0.3 is 4.72 Å². The first-order chi connectivity index (χ1) is 8.47. The highest BCUT2D eigenvalue weighted by Gasteiger charge is 2.04. The van der Waals surface area contributed by atoms with E-state index >= 15 is 0 Å². The van der Waals surface area contributed by atoms with Crippen LogP contribution in [0.1, 0.15) is 5.56 Å². The average Bonchev–Trinajstić information content (AvgIpc) is 2.32. The molecule has 3 nitrogen and oxygen atoms in total. The standard InChI is InChI=1S/C13H11ClNO2S/c1-10-5-7-12(8-6-10)15-18(16,17)13-4-2-3-11(14)9-13/h2-9H,1H3/q-1. The molecule has 0 fully saturated rings. The Kier molecular flexibility index (Phi) is 3.59. The number of hydrogen-bond acceptors (Lipinski definition) is 2. The van der Waals surface area contributed by atoms with Crippen LogP contribution >= 0.6 is 11.6 Å². The van der Waals surface area contributed by atoms with Gasteiger partial charge in [-0.3, -0.25) is 0 Å². The van der Waals surface area contributed by atoms with Gasteiger partial charge in [-0.2, -0.15) is 0 Å². The zero-order chi connectivity index (χ0) is 13.2. The molecule has 0 radical (unpaired) electrons. The summed E-state index contributed by atoms with van der Waals surface area (Å²) in [6.07, 6.45) is 0. The van der Waals surface area contributed by atoms with Crippen LogP contribution in [0.4, 0.5) is 5.69 Å². The lowest BCUT2D eigenvalue weighted by Crippen LogP contribution is -1.97. The molecule has 0 heterocycles. The van der Waals surface area contributed by atoms with Crippen LogP contribution in [-0.2, 0) is 10.0 Å². The first kappa shape index (κ1) is 12.9. The van der Waals surface area contributed by atoms with Crippen molar-refractivity contribution in [3.05, 3.63) is 63.8 Å². The van der Waals surface area contributed by atoms with Crippen LogP contribution in [0.5, 0.6) is 0 Å². The van der Waals surface area contributed by atoms with Crippen LogP contribution in [0.3, 0.4) is 0 Å². The van der Waals surface area contributed by atoms with Crippen LogP contribution < -0.4 is 0 Å². The van der Waals surface area contributed by atoms with Crippen LogP contribution in [0.15, 0.2) is 53.4 Å². The molecule has 0 aliphatic heterocycles. The topological polar surface area (TPSA) is 48.2 Å². The number of hydrogen-bond donors (Lipinski definition) is 0. The fraction of sp³-hybridized carbons (Fsp3) is 0.0769. The maximum atomic E-state index is 12.0. The molecule has 0 aromatic heterocycles. The van der Waals surface area contributed by atoms with Gasteiger partial charge in [-0.15, -0.1) is 5.69 Å². The van der Waals surface area contributed by atoms with Gasteiger partial charge in [-0.05, 0) is 25.1 Å². The molecular weight excluding hydrogens is 270 g/mol. The van der Waals surface area contributed by atoms with E-state index < -0.39 is 10.0 Å². The lowest BCUT2D eigenvalue weighted by atomic mass is 10.2. The van der Waals surface area contributed by atoms with Crippen molar-refractivity contribution >= 4 is 27.3 Å². The van der Waals surface area contributed by atoms with E-state index in [1.165, 1.54) is 12.1 Å². The first-order valence-electron chi connectivity index (χ1n) is 5.28. The zero-order valence-corrected chi connectivity index (χ0v) is 11.2. The summed E-state index contributed by atoms with van der Waals surface area (Å²) in [6, 6.07) is 13.0. The predicted octanol–water partition coefficient (Wildman–Crippen LogP) is 4.04. The summed E-state index contributed by atoms with van der Waals surface area (Å²) in [7, 11) is -3.71. The van der Waals surface area contributed by atoms with Gasteiger partial charge in [-0.1, -0.05) is 47.5 Å². The van der Waals surface area contributed by atoms with Crippen LogP contribution in [0, 0.1) is 6.92 Å². The third-order valence-corrected chi connectivity index (χ3v) is 3.89. The Balaban J connectivity index is 2.30. The van der Waals surface area contributed by atoms with Crippen molar-refractivity contribution in [2.75, 3.05) is 0 Å². The Morgan fingerprint density at radius 3 is 2.33 bits per heavy atom. The molecule has 2 rings (SSSR count). The first-order valence-corrected chi connectivity index (χ1v) is 7.09. The van der Waals surface area contributed by atoms with Crippen LogP contribution in [-0.4, -0.2) is 8.42 Å². The smallest absolute Gasteiger partial charge is 0.123 e. The molecule has 0 amide bonds. The molecular formula is C13H11ClNO2S-. The number of sulfonamides is 1. The fourth-order valence-corrected chi connectivity index (χ4v) is 2.71. The van der Waals surface area contributed by atoms with E-state index in [2.05, 4.69) is 4.72 Å². The van der Waals surface area contributed by atoms with Crippen molar-refractivity contribution in [3.8, 4) is 0 Å². The highest BCUT2D eigenvalue weighted by atomic mass is 35.5. The van der Waals surface area contributed by atoms with Crippen molar-refractivity contribution in [1.82, 2.24) is 0 Å². The third kappa shape index (κ3) is 3.03. The van der Waals surface area contributed by atoms with Gasteiger partial charge in [0.1, 0.15) is 10.0 Å². The predicted molar refractivity (Wildman–Crippen MR) is 72.8 cm³/mol. The molecule has 0 spiro atoms. The molecule has 2 aromatic carbocycles. The SMILES string of the molecule is Cc1ccc([N-]S(=O)(=O)c2cccc(Cl)c2)cc1. The zero-order valence-electron chi connectivity index (χ0n) is 9.67. The number of benzene rings is 2. The monoisotopic (exact) mass is 280 g/mol.